The number of hydrogen-bond donors (Lipinski definition) is 3. The number of methoxy groups -OCH3 is 1. The molecule has 1 aliphatic heterocycles. The van der Waals surface area contributed by atoms with Gasteiger partial charge in [-0.1, -0.05) is 78.9 Å². The van der Waals surface area contributed by atoms with E-state index in [1.807, 2.05) is 36.4 Å². The third kappa shape index (κ3) is 8.59. The van der Waals surface area contributed by atoms with Gasteiger partial charge in [0.1, 0.15) is 0 Å². The van der Waals surface area contributed by atoms with Gasteiger partial charge >= 0.3 is 5.97 Å². The van der Waals surface area contributed by atoms with Crippen LogP contribution in [0.3, 0.4) is 0 Å². The van der Waals surface area contributed by atoms with Crippen molar-refractivity contribution >= 4 is 29.6 Å². The highest BCUT2D eigenvalue weighted by Gasteiger charge is 2.48. The number of esters is 1. The van der Waals surface area contributed by atoms with Crippen molar-refractivity contribution in [3.05, 3.63) is 119 Å². The zero-order chi connectivity index (χ0) is 36.8. The van der Waals surface area contributed by atoms with Crippen molar-refractivity contribution in [2.75, 3.05) is 40.3 Å². The van der Waals surface area contributed by atoms with Crippen molar-refractivity contribution in [2.45, 2.75) is 50.2 Å². The average Bonchev–Trinajstić information content (AvgIpc) is 4.08. The quantitative estimate of drug-likeness (QED) is 0.173. The van der Waals surface area contributed by atoms with Crippen LogP contribution in [-0.4, -0.2) is 91.8 Å². The number of allylic oxidation sites excluding steroid dienone is 1. The molecule has 11 nitrogen and oxygen atoms in total. The monoisotopic (exact) mass is 705 g/mol. The standard InChI is InChI=1S/C41H47N5O6/c1-4-27(41(51)52-3)23-45(37(47)21-42-2)22-26-15-17-30(18-16-26)40(50)46-24-33(38(48)43-35-19-31(35)28-11-7-5-8-12-28)34(25-46)39(49)44-36-20-32(36)29-13-9-6-10-14-29/h4-18,31-36,42H,19-25H2,1-3H3,(H,43,48)(H,44,49)/b27-4+/t31-,32-,33-,34-,35+,36+/m1/s1. The van der Waals surface area contributed by atoms with Gasteiger partial charge in [-0.2, -0.15) is 0 Å². The third-order valence-corrected chi connectivity index (χ3v) is 10.4. The minimum atomic E-state index is -0.684. The van der Waals surface area contributed by atoms with Gasteiger partial charge in [0, 0.05) is 49.1 Å². The Labute approximate surface area is 304 Å². The summed E-state index contributed by atoms with van der Waals surface area (Å²) in [7, 11) is 2.97. The molecule has 2 saturated carbocycles. The van der Waals surface area contributed by atoms with Gasteiger partial charge in [0.15, 0.2) is 0 Å². The van der Waals surface area contributed by atoms with E-state index in [0.717, 1.165) is 18.4 Å². The Morgan fingerprint density at radius 2 is 1.31 bits per heavy atom. The maximum absolute atomic E-state index is 13.9. The Morgan fingerprint density at radius 1 is 0.788 bits per heavy atom. The van der Waals surface area contributed by atoms with Crippen LogP contribution in [0.15, 0.2) is 96.6 Å². The molecule has 2 aliphatic carbocycles. The van der Waals surface area contributed by atoms with E-state index in [1.54, 1.807) is 54.1 Å². The summed E-state index contributed by atoms with van der Waals surface area (Å²) in [4.78, 5) is 69.7. The molecule has 3 fully saturated rings. The molecule has 0 bridgehead atoms. The van der Waals surface area contributed by atoms with Gasteiger partial charge in [-0.3, -0.25) is 19.2 Å². The van der Waals surface area contributed by atoms with Crippen LogP contribution in [0, 0.1) is 11.8 Å². The molecule has 1 saturated heterocycles. The zero-order valence-electron chi connectivity index (χ0n) is 29.9. The van der Waals surface area contributed by atoms with Crippen LogP contribution in [0.25, 0.3) is 0 Å². The zero-order valence-corrected chi connectivity index (χ0v) is 29.9. The highest BCUT2D eigenvalue weighted by atomic mass is 16.5. The van der Waals surface area contributed by atoms with Crippen molar-refractivity contribution in [3.63, 3.8) is 0 Å². The number of benzene rings is 3. The average molecular weight is 706 g/mol. The summed E-state index contributed by atoms with van der Waals surface area (Å²) in [6.07, 6.45) is 3.31. The number of nitrogens with zero attached hydrogens (tertiary/aromatic N) is 2. The van der Waals surface area contributed by atoms with E-state index < -0.39 is 17.8 Å². The number of likely N-dealkylation sites (N-methyl/N-ethyl adjacent to an activating group) is 1. The molecule has 0 radical (unpaired) electrons. The lowest BCUT2D eigenvalue weighted by atomic mass is 9.94. The number of likely N-dealkylation sites (tertiary alicyclic amines) is 1. The molecule has 0 unspecified atom stereocenters. The second-order valence-electron chi connectivity index (χ2n) is 13.9. The lowest BCUT2D eigenvalue weighted by Gasteiger charge is -2.24. The first-order valence-corrected chi connectivity index (χ1v) is 17.9. The highest BCUT2D eigenvalue weighted by Crippen LogP contribution is 2.42. The third-order valence-electron chi connectivity index (χ3n) is 10.4. The van der Waals surface area contributed by atoms with E-state index in [9.17, 15) is 24.0 Å². The number of amides is 4. The van der Waals surface area contributed by atoms with Crippen molar-refractivity contribution in [2.24, 2.45) is 11.8 Å². The Hall–Kier alpha value is -5.29. The summed E-state index contributed by atoms with van der Waals surface area (Å²) in [6, 6.07) is 27.1. The molecular weight excluding hydrogens is 658 g/mol. The number of ether oxygens (including phenoxy) is 1. The summed E-state index contributed by atoms with van der Waals surface area (Å²) < 4.78 is 4.87. The minimum absolute atomic E-state index is 0.00197. The van der Waals surface area contributed by atoms with E-state index in [1.165, 1.54) is 18.2 Å². The predicted octanol–water partition coefficient (Wildman–Crippen LogP) is 3.39. The van der Waals surface area contributed by atoms with Gasteiger partial charge in [-0.15, -0.1) is 0 Å². The topological polar surface area (TPSA) is 137 Å². The fraction of sp³-hybridized carbons (Fsp3) is 0.390. The number of rotatable bonds is 14. The molecule has 1 heterocycles. The molecule has 52 heavy (non-hydrogen) atoms. The molecule has 11 heteroatoms. The molecule has 4 amide bonds. The first-order chi connectivity index (χ1) is 25.2. The van der Waals surface area contributed by atoms with Crippen LogP contribution in [0.5, 0.6) is 0 Å². The number of hydrogen-bond acceptors (Lipinski definition) is 7. The van der Waals surface area contributed by atoms with E-state index >= 15 is 0 Å². The molecule has 0 spiro atoms. The van der Waals surface area contributed by atoms with Gasteiger partial charge in [-0.05, 0) is 55.6 Å². The summed E-state index contributed by atoms with van der Waals surface area (Å²) >= 11 is 0. The van der Waals surface area contributed by atoms with Gasteiger partial charge in [-0.25, -0.2) is 4.79 Å². The van der Waals surface area contributed by atoms with Gasteiger partial charge in [0.2, 0.25) is 17.7 Å². The first kappa shape index (κ1) is 36.5. The minimum Gasteiger partial charge on any atom is -0.466 e. The Morgan fingerprint density at radius 3 is 1.77 bits per heavy atom. The van der Waals surface area contributed by atoms with Crippen LogP contribution in [0.4, 0.5) is 0 Å². The lowest BCUT2D eigenvalue weighted by Crippen LogP contribution is -2.43. The van der Waals surface area contributed by atoms with Gasteiger partial charge in [0.25, 0.3) is 5.91 Å². The summed E-state index contributed by atoms with van der Waals surface area (Å²) in [5.41, 5.74) is 3.90. The van der Waals surface area contributed by atoms with Crippen LogP contribution in [0.1, 0.15) is 58.6 Å². The van der Waals surface area contributed by atoms with Crippen molar-refractivity contribution in [1.82, 2.24) is 25.8 Å². The Balaban J connectivity index is 1.13. The summed E-state index contributed by atoms with van der Waals surface area (Å²) in [6.45, 7) is 2.36. The van der Waals surface area contributed by atoms with E-state index in [0.29, 0.717) is 11.1 Å². The van der Waals surface area contributed by atoms with Crippen molar-refractivity contribution < 1.29 is 28.7 Å². The molecular formula is C41H47N5O6. The summed E-state index contributed by atoms with van der Waals surface area (Å²) in [5.74, 6) is -2.27. The molecule has 3 aromatic carbocycles. The molecule has 3 aliphatic rings. The largest absolute Gasteiger partial charge is 0.466 e. The van der Waals surface area contributed by atoms with Crippen LogP contribution < -0.4 is 16.0 Å². The highest BCUT2D eigenvalue weighted by molar-refractivity contribution is 5.97. The second-order valence-corrected chi connectivity index (χ2v) is 13.9. The smallest absolute Gasteiger partial charge is 0.335 e. The normalized spacial score (nSPS) is 23.4. The fourth-order valence-electron chi connectivity index (χ4n) is 7.19. The molecule has 6 rings (SSSR count). The first-order valence-electron chi connectivity index (χ1n) is 17.9. The van der Waals surface area contributed by atoms with E-state index in [-0.39, 0.29) is 80.3 Å². The molecule has 272 valence electrons. The van der Waals surface area contributed by atoms with E-state index in [2.05, 4.69) is 40.2 Å². The van der Waals surface area contributed by atoms with Gasteiger partial charge in [0.05, 0.1) is 37.6 Å². The number of carbonyl (C=O) groups excluding carboxylic acids is 5. The van der Waals surface area contributed by atoms with Crippen molar-refractivity contribution in [1.29, 1.82) is 0 Å². The summed E-state index contributed by atoms with van der Waals surface area (Å²) in [5, 5.41) is 9.21. The van der Waals surface area contributed by atoms with Crippen LogP contribution in [-0.2, 0) is 30.5 Å². The maximum Gasteiger partial charge on any atom is 0.335 e. The predicted molar refractivity (Wildman–Crippen MR) is 196 cm³/mol. The molecule has 3 N–H and O–H groups in total. The maximum atomic E-state index is 13.9. The molecule has 6 atom stereocenters. The SMILES string of the molecule is C/C=C(\CN(Cc1ccc(C(=O)N2C[C@@H](C(=O)N[C@H]3C[C@@H]3c3ccccc3)[C@H](C(=O)N[C@H]3C[C@@H]3c3ccccc3)C2)cc1)C(=O)CNC)C(=O)OC. The molecule has 3 aromatic rings. The Bertz CT molecular complexity index is 1720. The fourth-order valence-corrected chi connectivity index (χ4v) is 7.19. The van der Waals surface area contributed by atoms with Gasteiger partial charge < -0.3 is 30.5 Å². The Kier molecular flexibility index (Phi) is 11.5. The van der Waals surface area contributed by atoms with E-state index in [4.69, 9.17) is 4.74 Å². The molecule has 0 aromatic heterocycles. The van der Waals surface area contributed by atoms with Crippen molar-refractivity contribution in [3.8, 4) is 0 Å². The second kappa shape index (κ2) is 16.4. The number of carbonyl (C=O) groups is 5. The lowest BCUT2D eigenvalue weighted by molar-refractivity contribution is -0.137. The number of nitrogens with one attached hydrogen (secondary N) is 3. The van der Waals surface area contributed by atoms with Crippen LogP contribution in [0.2, 0.25) is 0 Å². The van der Waals surface area contributed by atoms with Crippen LogP contribution >= 0.6 is 0 Å².